The summed E-state index contributed by atoms with van der Waals surface area (Å²) in [6.07, 6.45) is 54.2. The highest BCUT2D eigenvalue weighted by molar-refractivity contribution is 7.47. The molecular weight excluding hydrogens is 1210 g/mol. The van der Waals surface area contributed by atoms with Gasteiger partial charge in [0.05, 0.1) is 26.4 Å². The fraction of sp³-hybridized carbons (Fsp3) is 0.945. The van der Waals surface area contributed by atoms with Gasteiger partial charge >= 0.3 is 39.5 Å². The van der Waals surface area contributed by atoms with Crippen LogP contribution in [0, 0.1) is 5.92 Å². The van der Waals surface area contributed by atoms with Crippen molar-refractivity contribution in [2.75, 3.05) is 39.6 Å². The molecule has 5 atom stereocenters. The summed E-state index contributed by atoms with van der Waals surface area (Å²) in [5, 5.41) is 10.6. The highest BCUT2D eigenvalue weighted by Gasteiger charge is 2.30. The third kappa shape index (κ3) is 66.7. The van der Waals surface area contributed by atoms with E-state index in [9.17, 15) is 43.2 Å². The quantitative estimate of drug-likeness (QED) is 0.0222. The number of rotatable bonds is 73. The largest absolute Gasteiger partial charge is 0.472 e. The molecule has 0 fully saturated rings. The number of phosphoric ester groups is 2. The molecule has 0 spiro atoms. The maximum atomic E-state index is 13.1. The molecule has 0 radical (unpaired) electrons. The molecule has 0 heterocycles. The van der Waals surface area contributed by atoms with E-state index >= 15 is 0 Å². The maximum absolute atomic E-state index is 13.1. The lowest BCUT2D eigenvalue weighted by Crippen LogP contribution is -2.30. The normalized spacial score (nSPS) is 14.0. The molecule has 0 saturated carbocycles. The van der Waals surface area contributed by atoms with Crippen LogP contribution in [0.5, 0.6) is 0 Å². The van der Waals surface area contributed by atoms with E-state index in [1.807, 2.05) is 0 Å². The van der Waals surface area contributed by atoms with Crippen molar-refractivity contribution in [1.29, 1.82) is 0 Å². The van der Waals surface area contributed by atoms with Gasteiger partial charge in [0, 0.05) is 25.7 Å². The van der Waals surface area contributed by atoms with Crippen molar-refractivity contribution in [3.8, 4) is 0 Å². The topological polar surface area (TPSA) is 237 Å². The molecule has 0 aliphatic heterocycles. The summed E-state index contributed by atoms with van der Waals surface area (Å²) in [5.74, 6) is -1.34. The summed E-state index contributed by atoms with van der Waals surface area (Å²) in [6, 6.07) is 0. The van der Waals surface area contributed by atoms with Crippen LogP contribution in [-0.2, 0) is 65.4 Å². The van der Waals surface area contributed by atoms with Crippen molar-refractivity contribution in [2.45, 2.75) is 400 Å². The first-order chi connectivity index (χ1) is 44.5. The molecule has 0 rings (SSSR count). The number of phosphoric acid groups is 2. The summed E-state index contributed by atoms with van der Waals surface area (Å²) >= 11 is 0. The number of aliphatic hydroxyl groups excluding tert-OH is 1. The third-order valence-electron chi connectivity index (χ3n) is 17.0. The van der Waals surface area contributed by atoms with E-state index < -0.39 is 97.5 Å². The smallest absolute Gasteiger partial charge is 0.462 e. The van der Waals surface area contributed by atoms with Crippen LogP contribution in [-0.4, -0.2) is 96.7 Å². The highest BCUT2D eigenvalue weighted by atomic mass is 31.2. The van der Waals surface area contributed by atoms with Gasteiger partial charge in [-0.1, -0.05) is 330 Å². The lowest BCUT2D eigenvalue weighted by molar-refractivity contribution is -0.161. The average Bonchev–Trinajstić information content (AvgIpc) is 3.72. The van der Waals surface area contributed by atoms with Crippen molar-refractivity contribution < 1.29 is 80.2 Å². The Hall–Kier alpha value is -1.94. The lowest BCUT2D eigenvalue weighted by atomic mass is 10.0. The van der Waals surface area contributed by atoms with Crippen LogP contribution in [0.2, 0.25) is 0 Å². The van der Waals surface area contributed by atoms with E-state index in [2.05, 4.69) is 34.6 Å². The Morgan fingerprint density at radius 3 is 0.739 bits per heavy atom. The van der Waals surface area contributed by atoms with Crippen molar-refractivity contribution in [3.05, 3.63) is 0 Å². The number of aliphatic hydroxyl groups is 1. The Bertz CT molecular complexity index is 1770. The maximum Gasteiger partial charge on any atom is 0.472 e. The van der Waals surface area contributed by atoms with Gasteiger partial charge in [-0.3, -0.25) is 37.3 Å². The Morgan fingerprint density at radius 1 is 0.293 bits per heavy atom. The standard InChI is InChI=1S/C73H142O17P2/c1-6-9-12-15-18-20-22-23-24-25-26-27-28-29-35-39-44-49-54-59-73(78)90-69(63-84-71(76)57-52-47-42-37-34-31-30-33-36-41-45-50-55-66(4)5)65-88-92(81,82)86-61-67(74)60-85-91(79,80)87-64-68(62-83-70(75)56-51-46-40-17-14-11-8-3)89-72(77)58-53-48-43-38-32-21-19-16-13-10-7-2/h66-69,74H,6-65H2,1-5H3,(H,79,80)(H,81,82)/t67-,68+,69+/m0/s1. The van der Waals surface area contributed by atoms with Crippen LogP contribution in [0.4, 0.5) is 0 Å². The summed E-state index contributed by atoms with van der Waals surface area (Å²) in [5.41, 5.74) is 0. The van der Waals surface area contributed by atoms with Gasteiger partial charge in [-0.2, -0.15) is 0 Å². The van der Waals surface area contributed by atoms with E-state index in [1.54, 1.807) is 0 Å². The predicted octanol–water partition coefficient (Wildman–Crippen LogP) is 21.3. The minimum atomic E-state index is -4.95. The fourth-order valence-electron chi connectivity index (χ4n) is 11.2. The molecule has 0 bridgehead atoms. The molecule has 0 saturated heterocycles. The third-order valence-corrected chi connectivity index (χ3v) is 18.9. The molecular formula is C73H142O17P2. The number of hydrogen-bond donors (Lipinski definition) is 3. The van der Waals surface area contributed by atoms with E-state index in [0.717, 1.165) is 109 Å². The van der Waals surface area contributed by atoms with Gasteiger partial charge in [0.1, 0.15) is 19.3 Å². The van der Waals surface area contributed by atoms with Gasteiger partial charge < -0.3 is 33.8 Å². The zero-order valence-corrected chi connectivity index (χ0v) is 61.5. The first-order valence-electron chi connectivity index (χ1n) is 38.1. The van der Waals surface area contributed by atoms with E-state index in [-0.39, 0.29) is 25.7 Å². The first kappa shape index (κ1) is 90.1. The molecule has 0 aliphatic carbocycles. The number of carbonyl (C=O) groups is 4. The van der Waals surface area contributed by atoms with Gasteiger partial charge in [-0.05, 0) is 31.6 Å². The van der Waals surface area contributed by atoms with Crippen molar-refractivity contribution in [2.24, 2.45) is 5.92 Å². The van der Waals surface area contributed by atoms with E-state index in [0.29, 0.717) is 25.7 Å². The Kier molecular flexibility index (Phi) is 64.9. The van der Waals surface area contributed by atoms with Crippen LogP contribution >= 0.6 is 15.6 Å². The van der Waals surface area contributed by atoms with Crippen molar-refractivity contribution in [3.63, 3.8) is 0 Å². The second kappa shape index (κ2) is 66.3. The second-order valence-electron chi connectivity index (χ2n) is 26.8. The molecule has 2 unspecified atom stereocenters. The number of ether oxygens (including phenoxy) is 4. The van der Waals surface area contributed by atoms with Crippen LogP contribution in [0.25, 0.3) is 0 Å². The molecule has 0 aromatic heterocycles. The fourth-order valence-corrected chi connectivity index (χ4v) is 12.8. The SMILES string of the molecule is CCCCCCCCCCCCCCCCCCCCCC(=O)O[C@H](COC(=O)CCCCCCCCCCCCCCC(C)C)COP(=O)(O)OC[C@@H](O)COP(=O)(O)OC[C@@H](COC(=O)CCCCCCCCC)OC(=O)CCCCCCCCCCCCC. The van der Waals surface area contributed by atoms with Gasteiger partial charge in [-0.15, -0.1) is 0 Å². The summed E-state index contributed by atoms with van der Waals surface area (Å²) < 4.78 is 68.3. The molecule has 0 aliphatic rings. The van der Waals surface area contributed by atoms with Crippen LogP contribution in [0.15, 0.2) is 0 Å². The van der Waals surface area contributed by atoms with E-state index in [4.69, 9.17) is 37.0 Å². The van der Waals surface area contributed by atoms with E-state index in [1.165, 1.54) is 193 Å². The van der Waals surface area contributed by atoms with Gasteiger partial charge in [-0.25, -0.2) is 9.13 Å². The minimum Gasteiger partial charge on any atom is -0.462 e. The molecule has 0 aromatic carbocycles. The number of hydrogen-bond acceptors (Lipinski definition) is 15. The Balaban J connectivity index is 5.18. The number of carbonyl (C=O) groups excluding carboxylic acids is 4. The molecule has 0 amide bonds. The highest BCUT2D eigenvalue weighted by Crippen LogP contribution is 2.45. The molecule has 546 valence electrons. The van der Waals surface area contributed by atoms with Gasteiger partial charge in [0.25, 0.3) is 0 Å². The second-order valence-corrected chi connectivity index (χ2v) is 29.7. The van der Waals surface area contributed by atoms with Crippen LogP contribution in [0.1, 0.15) is 381 Å². The summed E-state index contributed by atoms with van der Waals surface area (Å²) in [7, 11) is -9.90. The van der Waals surface area contributed by atoms with Gasteiger partial charge in [0.2, 0.25) is 0 Å². The van der Waals surface area contributed by atoms with Crippen LogP contribution in [0.3, 0.4) is 0 Å². The van der Waals surface area contributed by atoms with Crippen molar-refractivity contribution in [1.82, 2.24) is 0 Å². The molecule has 0 aromatic rings. The van der Waals surface area contributed by atoms with Gasteiger partial charge in [0.15, 0.2) is 12.2 Å². The van der Waals surface area contributed by atoms with Crippen LogP contribution < -0.4 is 0 Å². The predicted molar refractivity (Wildman–Crippen MR) is 372 cm³/mol. The number of unbranched alkanes of at least 4 members (excludes halogenated alkanes) is 45. The Labute approximate surface area is 562 Å². The molecule has 3 N–H and O–H groups in total. The molecule has 92 heavy (non-hydrogen) atoms. The summed E-state index contributed by atoms with van der Waals surface area (Å²) in [4.78, 5) is 72.5. The molecule has 17 nitrogen and oxygen atoms in total. The zero-order chi connectivity index (χ0) is 67.7. The molecule has 19 heteroatoms. The monoisotopic (exact) mass is 1350 g/mol. The first-order valence-corrected chi connectivity index (χ1v) is 41.1. The Morgan fingerprint density at radius 2 is 0.500 bits per heavy atom. The summed E-state index contributed by atoms with van der Waals surface area (Å²) in [6.45, 7) is 7.24. The average molecular weight is 1350 g/mol. The van der Waals surface area contributed by atoms with Crippen molar-refractivity contribution >= 4 is 39.5 Å². The number of esters is 4. The zero-order valence-electron chi connectivity index (χ0n) is 59.7. The minimum absolute atomic E-state index is 0.107. The lowest BCUT2D eigenvalue weighted by Gasteiger charge is -2.21.